The maximum atomic E-state index is 12.2. The molecule has 0 radical (unpaired) electrons. The Morgan fingerprint density at radius 1 is 0.800 bits per heavy atom. The highest BCUT2D eigenvalue weighted by molar-refractivity contribution is 7.95. The van der Waals surface area contributed by atoms with Crippen LogP contribution in [0.25, 0.3) is 21.5 Å². The summed E-state index contributed by atoms with van der Waals surface area (Å²) >= 11 is 0.340. The van der Waals surface area contributed by atoms with E-state index in [0.29, 0.717) is 16.9 Å². The summed E-state index contributed by atoms with van der Waals surface area (Å²) in [6.07, 6.45) is -4.65. The Balaban J connectivity index is 2.10. The van der Waals surface area contributed by atoms with E-state index in [1.165, 1.54) is 0 Å². The lowest BCUT2D eigenvalue weighted by Crippen LogP contribution is -2.07. The molecule has 0 aromatic heterocycles. The van der Waals surface area contributed by atoms with E-state index in [-0.39, 0.29) is 0 Å². The molecular formula is C15H9F3OS. The largest absolute Gasteiger partial charge is 0.533 e. The van der Waals surface area contributed by atoms with Gasteiger partial charge in [0.15, 0.2) is 0 Å². The van der Waals surface area contributed by atoms with Gasteiger partial charge in [0, 0.05) is 16.9 Å². The van der Waals surface area contributed by atoms with Crippen LogP contribution in [0.1, 0.15) is 0 Å². The van der Waals surface area contributed by atoms with Crippen molar-refractivity contribution in [1.29, 1.82) is 0 Å². The molecule has 0 amide bonds. The molecule has 0 saturated carbocycles. The van der Waals surface area contributed by atoms with E-state index in [1.807, 2.05) is 42.5 Å². The van der Waals surface area contributed by atoms with Gasteiger partial charge in [0.2, 0.25) is 0 Å². The van der Waals surface area contributed by atoms with Crippen molar-refractivity contribution in [2.24, 2.45) is 0 Å². The Bertz CT molecular complexity index is 768. The molecule has 0 unspecified atom stereocenters. The topological polar surface area (TPSA) is 9.23 Å². The number of hydrogen-bond acceptors (Lipinski definition) is 2. The minimum atomic E-state index is -4.65. The minimum Gasteiger partial charge on any atom is -0.215 e. The van der Waals surface area contributed by atoms with Gasteiger partial charge in [-0.3, -0.25) is 0 Å². The summed E-state index contributed by atoms with van der Waals surface area (Å²) in [5, 5.41) is 3.68. The molecule has 3 aromatic rings. The van der Waals surface area contributed by atoms with Gasteiger partial charge >= 0.3 is 6.36 Å². The van der Waals surface area contributed by atoms with Crippen molar-refractivity contribution in [3.05, 3.63) is 54.6 Å². The highest BCUT2D eigenvalue weighted by Crippen LogP contribution is 2.35. The second kappa shape index (κ2) is 5.00. The minimum absolute atomic E-state index is 0.340. The first kappa shape index (κ1) is 13.3. The van der Waals surface area contributed by atoms with E-state index in [1.54, 1.807) is 12.1 Å². The molecule has 0 aliphatic heterocycles. The molecule has 0 spiro atoms. The standard InChI is InChI=1S/C15H9F3OS/c16-15(17,18)19-20-14-7-3-6-12-8-10-4-1-2-5-11(10)9-13(12)14/h1-9H. The Hall–Kier alpha value is -1.72. The first-order valence-corrected chi connectivity index (χ1v) is 6.61. The Morgan fingerprint density at radius 3 is 2.15 bits per heavy atom. The van der Waals surface area contributed by atoms with Crippen molar-refractivity contribution in [1.82, 2.24) is 0 Å². The summed E-state index contributed by atoms with van der Waals surface area (Å²) in [7, 11) is 0. The Labute approximate surface area is 117 Å². The zero-order valence-electron chi connectivity index (χ0n) is 10.1. The fourth-order valence-electron chi connectivity index (χ4n) is 2.10. The zero-order valence-corrected chi connectivity index (χ0v) is 11.0. The molecule has 0 heterocycles. The lowest BCUT2D eigenvalue weighted by atomic mass is 10.0. The van der Waals surface area contributed by atoms with Gasteiger partial charge in [0.05, 0.1) is 0 Å². The third-order valence-corrected chi connectivity index (χ3v) is 3.74. The number of halogens is 3. The summed E-state index contributed by atoms with van der Waals surface area (Å²) in [4.78, 5) is 0.450. The number of alkyl halides is 3. The van der Waals surface area contributed by atoms with Gasteiger partial charge in [-0.2, -0.15) is 0 Å². The van der Waals surface area contributed by atoms with Crippen LogP contribution in [0.2, 0.25) is 0 Å². The summed E-state index contributed by atoms with van der Waals surface area (Å²) in [6, 6.07) is 16.8. The summed E-state index contributed by atoms with van der Waals surface area (Å²) in [5.74, 6) is 0. The highest BCUT2D eigenvalue weighted by atomic mass is 32.2. The van der Waals surface area contributed by atoms with Crippen molar-refractivity contribution >= 4 is 33.6 Å². The molecule has 0 atom stereocenters. The van der Waals surface area contributed by atoms with Crippen molar-refractivity contribution in [2.45, 2.75) is 11.3 Å². The first-order valence-electron chi connectivity index (χ1n) is 5.87. The molecular weight excluding hydrogens is 285 g/mol. The molecule has 3 rings (SSSR count). The van der Waals surface area contributed by atoms with Gasteiger partial charge in [0.25, 0.3) is 0 Å². The second-order valence-electron chi connectivity index (χ2n) is 4.29. The second-order valence-corrected chi connectivity index (χ2v) is 5.06. The Morgan fingerprint density at radius 2 is 1.45 bits per heavy atom. The quantitative estimate of drug-likeness (QED) is 0.453. The van der Waals surface area contributed by atoms with E-state index < -0.39 is 6.36 Å². The molecule has 102 valence electrons. The Kier molecular flexibility index (Phi) is 3.31. The molecule has 0 N–H and O–H groups in total. The molecule has 0 saturated heterocycles. The molecule has 3 aromatic carbocycles. The fraction of sp³-hybridized carbons (Fsp3) is 0.0667. The monoisotopic (exact) mass is 294 g/mol. The van der Waals surface area contributed by atoms with E-state index in [4.69, 9.17) is 0 Å². The normalized spacial score (nSPS) is 12.2. The van der Waals surface area contributed by atoms with Crippen molar-refractivity contribution in [2.75, 3.05) is 0 Å². The van der Waals surface area contributed by atoms with Crippen LogP contribution in [0.5, 0.6) is 0 Å². The fourth-order valence-corrected chi connectivity index (χ4v) is 2.69. The van der Waals surface area contributed by atoms with Crippen LogP contribution in [0, 0.1) is 0 Å². The van der Waals surface area contributed by atoms with Gasteiger partial charge in [-0.25, -0.2) is 4.18 Å². The van der Waals surface area contributed by atoms with Crippen LogP contribution in [-0.2, 0) is 4.18 Å². The van der Waals surface area contributed by atoms with E-state index in [2.05, 4.69) is 4.18 Å². The van der Waals surface area contributed by atoms with Crippen molar-refractivity contribution in [3.8, 4) is 0 Å². The molecule has 5 heteroatoms. The lowest BCUT2D eigenvalue weighted by molar-refractivity contribution is -0.266. The predicted molar refractivity (Wildman–Crippen MR) is 74.5 cm³/mol. The maximum absolute atomic E-state index is 12.2. The highest BCUT2D eigenvalue weighted by Gasteiger charge is 2.30. The number of fused-ring (bicyclic) bond motifs is 2. The van der Waals surface area contributed by atoms with Crippen LogP contribution in [0.4, 0.5) is 13.2 Å². The molecule has 0 bridgehead atoms. The van der Waals surface area contributed by atoms with Crippen molar-refractivity contribution < 1.29 is 17.4 Å². The van der Waals surface area contributed by atoms with Crippen LogP contribution in [-0.4, -0.2) is 6.36 Å². The first-order chi connectivity index (χ1) is 9.53. The van der Waals surface area contributed by atoms with Crippen LogP contribution in [0.15, 0.2) is 59.5 Å². The maximum Gasteiger partial charge on any atom is 0.533 e. The SMILES string of the molecule is FC(F)(F)OSc1cccc2cc3ccccc3cc12. The smallest absolute Gasteiger partial charge is 0.215 e. The molecule has 0 aliphatic rings. The zero-order chi connectivity index (χ0) is 14.2. The molecule has 20 heavy (non-hydrogen) atoms. The average molecular weight is 294 g/mol. The van der Waals surface area contributed by atoms with E-state index >= 15 is 0 Å². The van der Waals surface area contributed by atoms with Crippen LogP contribution < -0.4 is 0 Å². The van der Waals surface area contributed by atoms with Gasteiger partial charge < -0.3 is 0 Å². The number of hydrogen-bond donors (Lipinski definition) is 0. The molecule has 0 fully saturated rings. The molecule has 1 nitrogen and oxygen atoms in total. The van der Waals surface area contributed by atoms with Crippen LogP contribution >= 0.6 is 12.0 Å². The summed E-state index contributed by atoms with van der Waals surface area (Å²) in [6.45, 7) is 0. The summed E-state index contributed by atoms with van der Waals surface area (Å²) in [5.41, 5.74) is 0. The third-order valence-electron chi connectivity index (χ3n) is 2.93. The van der Waals surface area contributed by atoms with Gasteiger partial charge in [-0.05, 0) is 39.7 Å². The van der Waals surface area contributed by atoms with Gasteiger partial charge in [-0.15, -0.1) is 13.2 Å². The van der Waals surface area contributed by atoms with Gasteiger partial charge in [0.1, 0.15) is 0 Å². The van der Waals surface area contributed by atoms with Crippen LogP contribution in [0.3, 0.4) is 0 Å². The van der Waals surface area contributed by atoms with Crippen molar-refractivity contribution in [3.63, 3.8) is 0 Å². The van der Waals surface area contributed by atoms with E-state index in [9.17, 15) is 13.2 Å². The average Bonchev–Trinajstić information content (AvgIpc) is 2.42. The van der Waals surface area contributed by atoms with E-state index in [0.717, 1.165) is 21.5 Å². The lowest BCUT2D eigenvalue weighted by Gasteiger charge is -2.09. The van der Waals surface area contributed by atoms with Gasteiger partial charge in [-0.1, -0.05) is 36.4 Å². The predicted octanol–water partition coefficient (Wildman–Crippen LogP) is 5.54. The summed E-state index contributed by atoms with van der Waals surface area (Å²) < 4.78 is 40.3. The number of benzene rings is 3. The molecule has 0 aliphatic carbocycles. The third kappa shape index (κ3) is 2.73. The number of rotatable bonds is 2.